The molecule has 0 spiro atoms. The van der Waals surface area contributed by atoms with E-state index < -0.39 is 0 Å². The molecule has 0 saturated heterocycles. The number of rotatable bonds is 2. The van der Waals surface area contributed by atoms with Gasteiger partial charge in [-0.3, -0.25) is 0 Å². The third kappa shape index (κ3) is 1.00. The van der Waals surface area contributed by atoms with Crippen LogP contribution in [0.15, 0.2) is 12.7 Å². The van der Waals surface area contributed by atoms with Crippen LogP contribution in [0, 0.1) is 5.92 Å². The van der Waals surface area contributed by atoms with Crippen LogP contribution in [-0.2, 0) is 0 Å². The predicted octanol–water partition coefficient (Wildman–Crippen LogP) is 1.92. The van der Waals surface area contributed by atoms with E-state index in [1.54, 1.807) is 0 Å². The van der Waals surface area contributed by atoms with E-state index in [0.717, 1.165) is 11.2 Å². The number of allylic oxidation sites excluding steroid dienone is 1. The minimum Gasteiger partial charge on any atom is -0.161 e. The molecule has 0 N–H and O–H groups in total. The Bertz CT molecular complexity index is 78.2. The van der Waals surface area contributed by atoms with Crippen LogP contribution in [0.5, 0.6) is 0 Å². The van der Waals surface area contributed by atoms with Gasteiger partial charge in [-0.15, -0.1) is 6.58 Å². The van der Waals surface area contributed by atoms with Gasteiger partial charge in [-0.2, -0.15) is 11.8 Å². The zero-order valence-electron chi connectivity index (χ0n) is 4.55. The second kappa shape index (κ2) is 1.91. The third-order valence-corrected chi connectivity index (χ3v) is 2.53. The normalized spacial score (nSPS) is 37.9. The summed E-state index contributed by atoms with van der Waals surface area (Å²) >= 11 is 1.95. The molecular formula is C6H10S. The SMILES string of the molecule is C=C[C@H]1C[C@H]1SC. The second-order valence-electron chi connectivity index (χ2n) is 1.91. The first kappa shape index (κ1) is 5.23. The lowest BCUT2D eigenvalue weighted by Gasteiger charge is -1.81. The summed E-state index contributed by atoms with van der Waals surface area (Å²) in [6, 6.07) is 0. The van der Waals surface area contributed by atoms with Gasteiger partial charge in [0, 0.05) is 5.25 Å². The quantitative estimate of drug-likeness (QED) is 0.494. The van der Waals surface area contributed by atoms with Crippen LogP contribution in [-0.4, -0.2) is 11.5 Å². The van der Waals surface area contributed by atoms with E-state index in [0.29, 0.717) is 0 Å². The molecule has 0 aromatic heterocycles. The van der Waals surface area contributed by atoms with Crippen LogP contribution in [0.2, 0.25) is 0 Å². The third-order valence-electron chi connectivity index (χ3n) is 1.38. The predicted molar refractivity (Wildman–Crippen MR) is 35.6 cm³/mol. The van der Waals surface area contributed by atoms with E-state index in [9.17, 15) is 0 Å². The molecule has 1 rings (SSSR count). The van der Waals surface area contributed by atoms with Crippen LogP contribution in [0.4, 0.5) is 0 Å². The van der Waals surface area contributed by atoms with E-state index in [1.165, 1.54) is 6.42 Å². The fourth-order valence-electron chi connectivity index (χ4n) is 0.709. The van der Waals surface area contributed by atoms with Gasteiger partial charge in [-0.1, -0.05) is 6.08 Å². The monoisotopic (exact) mass is 114 g/mol. The Labute approximate surface area is 49.0 Å². The fourth-order valence-corrected chi connectivity index (χ4v) is 1.58. The summed E-state index contributed by atoms with van der Waals surface area (Å²) in [7, 11) is 0. The number of thioether (sulfide) groups is 1. The Morgan fingerprint density at radius 3 is 2.71 bits per heavy atom. The minimum absolute atomic E-state index is 0.843. The van der Waals surface area contributed by atoms with Crippen molar-refractivity contribution in [3.05, 3.63) is 12.7 Å². The Hall–Kier alpha value is 0.0900. The first-order valence-electron chi connectivity index (χ1n) is 2.54. The van der Waals surface area contributed by atoms with Gasteiger partial charge in [0.25, 0.3) is 0 Å². The summed E-state index contributed by atoms with van der Waals surface area (Å²) in [5.41, 5.74) is 0. The van der Waals surface area contributed by atoms with Gasteiger partial charge in [0.2, 0.25) is 0 Å². The molecule has 1 aliphatic carbocycles. The van der Waals surface area contributed by atoms with Crippen molar-refractivity contribution in [3.8, 4) is 0 Å². The van der Waals surface area contributed by atoms with E-state index in [4.69, 9.17) is 0 Å². The highest BCUT2D eigenvalue weighted by Gasteiger charge is 2.32. The van der Waals surface area contributed by atoms with Crippen molar-refractivity contribution < 1.29 is 0 Å². The highest BCUT2D eigenvalue weighted by molar-refractivity contribution is 7.99. The largest absolute Gasteiger partial charge is 0.161 e. The molecule has 1 fully saturated rings. The topological polar surface area (TPSA) is 0 Å². The lowest BCUT2D eigenvalue weighted by molar-refractivity contribution is 1.14. The van der Waals surface area contributed by atoms with Crippen molar-refractivity contribution in [2.75, 3.05) is 6.26 Å². The number of hydrogen-bond acceptors (Lipinski definition) is 1. The van der Waals surface area contributed by atoms with Gasteiger partial charge in [-0.05, 0) is 18.6 Å². The molecule has 1 aliphatic rings. The molecule has 0 amide bonds. The Balaban J connectivity index is 2.17. The lowest BCUT2D eigenvalue weighted by Crippen LogP contribution is -1.71. The lowest BCUT2D eigenvalue weighted by atomic mass is 10.4. The molecule has 7 heavy (non-hydrogen) atoms. The van der Waals surface area contributed by atoms with Crippen molar-refractivity contribution in [1.29, 1.82) is 0 Å². The maximum atomic E-state index is 3.71. The molecule has 0 heterocycles. The summed E-state index contributed by atoms with van der Waals surface area (Å²) in [6.07, 6.45) is 5.58. The summed E-state index contributed by atoms with van der Waals surface area (Å²) in [5.74, 6) is 0.843. The highest BCUT2D eigenvalue weighted by atomic mass is 32.2. The van der Waals surface area contributed by atoms with Crippen LogP contribution in [0.25, 0.3) is 0 Å². The summed E-state index contributed by atoms with van der Waals surface area (Å²) in [6.45, 7) is 3.71. The standard InChI is InChI=1S/C6H10S/c1-3-5-4-6(5)7-2/h3,5-6H,1,4H2,2H3/t5-,6+/m0/s1. The van der Waals surface area contributed by atoms with Crippen molar-refractivity contribution in [2.24, 2.45) is 5.92 Å². The Kier molecular flexibility index (Phi) is 1.43. The van der Waals surface area contributed by atoms with Gasteiger partial charge in [0.15, 0.2) is 0 Å². The fraction of sp³-hybridized carbons (Fsp3) is 0.667. The average Bonchev–Trinajstić information content (AvgIpc) is 2.43. The molecule has 1 saturated carbocycles. The minimum atomic E-state index is 0.843. The smallest absolute Gasteiger partial charge is 0.0113 e. The van der Waals surface area contributed by atoms with Gasteiger partial charge in [0.1, 0.15) is 0 Å². The molecule has 0 unspecified atom stereocenters. The maximum absolute atomic E-state index is 3.71. The molecular weight excluding hydrogens is 104 g/mol. The Morgan fingerprint density at radius 2 is 2.57 bits per heavy atom. The molecule has 0 nitrogen and oxygen atoms in total. The first-order valence-corrected chi connectivity index (χ1v) is 3.82. The van der Waals surface area contributed by atoms with Gasteiger partial charge in [0.05, 0.1) is 0 Å². The van der Waals surface area contributed by atoms with E-state index in [2.05, 4.69) is 18.9 Å². The number of hydrogen-bond donors (Lipinski definition) is 0. The van der Waals surface area contributed by atoms with Crippen molar-refractivity contribution in [2.45, 2.75) is 11.7 Å². The van der Waals surface area contributed by atoms with Crippen LogP contribution < -0.4 is 0 Å². The molecule has 2 atom stereocenters. The molecule has 0 aliphatic heterocycles. The molecule has 40 valence electrons. The molecule has 0 aromatic rings. The zero-order chi connectivity index (χ0) is 5.28. The van der Waals surface area contributed by atoms with Crippen LogP contribution in [0.3, 0.4) is 0 Å². The van der Waals surface area contributed by atoms with Crippen molar-refractivity contribution >= 4 is 11.8 Å². The zero-order valence-corrected chi connectivity index (χ0v) is 5.37. The van der Waals surface area contributed by atoms with Gasteiger partial charge < -0.3 is 0 Å². The van der Waals surface area contributed by atoms with E-state index in [-0.39, 0.29) is 0 Å². The molecule has 0 radical (unpaired) electrons. The second-order valence-corrected chi connectivity index (χ2v) is 2.99. The summed E-state index contributed by atoms with van der Waals surface area (Å²) in [5, 5.41) is 0.914. The van der Waals surface area contributed by atoms with Gasteiger partial charge in [-0.25, -0.2) is 0 Å². The highest BCUT2D eigenvalue weighted by Crippen LogP contribution is 2.40. The van der Waals surface area contributed by atoms with Crippen LogP contribution >= 0.6 is 11.8 Å². The molecule has 0 bridgehead atoms. The van der Waals surface area contributed by atoms with Crippen molar-refractivity contribution in [1.82, 2.24) is 0 Å². The van der Waals surface area contributed by atoms with Crippen LogP contribution in [0.1, 0.15) is 6.42 Å². The summed E-state index contributed by atoms with van der Waals surface area (Å²) in [4.78, 5) is 0. The van der Waals surface area contributed by atoms with E-state index >= 15 is 0 Å². The van der Waals surface area contributed by atoms with E-state index in [1.807, 2.05) is 11.8 Å². The molecule has 0 aromatic carbocycles. The first-order chi connectivity index (χ1) is 3.38. The Morgan fingerprint density at radius 1 is 1.86 bits per heavy atom. The molecule has 1 heteroatoms. The van der Waals surface area contributed by atoms with Crippen molar-refractivity contribution in [3.63, 3.8) is 0 Å². The van der Waals surface area contributed by atoms with Gasteiger partial charge >= 0.3 is 0 Å². The maximum Gasteiger partial charge on any atom is 0.0113 e. The summed E-state index contributed by atoms with van der Waals surface area (Å²) < 4.78 is 0. The average molecular weight is 114 g/mol.